The zero-order valence-corrected chi connectivity index (χ0v) is 14.6. The number of carbonyl (C=O) groups excluding carboxylic acids is 2. The molecule has 0 bridgehead atoms. The lowest BCUT2D eigenvalue weighted by Gasteiger charge is -2.11. The number of anilines is 1. The summed E-state index contributed by atoms with van der Waals surface area (Å²) in [5.41, 5.74) is 2.88. The molecule has 8 heteroatoms. The molecule has 2 aromatic rings. The van der Waals surface area contributed by atoms with Gasteiger partial charge in [-0.25, -0.2) is 9.97 Å². The van der Waals surface area contributed by atoms with Crippen LogP contribution in [0, 0.1) is 13.8 Å². The van der Waals surface area contributed by atoms with E-state index >= 15 is 0 Å². The van der Waals surface area contributed by atoms with Crippen molar-refractivity contribution in [2.24, 2.45) is 4.99 Å². The highest BCUT2D eigenvalue weighted by Crippen LogP contribution is 2.25. The summed E-state index contributed by atoms with van der Waals surface area (Å²) in [5, 5.41) is 5.41. The highest BCUT2D eigenvalue weighted by molar-refractivity contribution is 8.15. The van der Waals surface area contributed by atoms with Crippen molar-refractivity contribution >= 4 is 40.4 Å². The van der Waals surface area contributed by atoms with E-state index in [-0.39, 0.29) is 24.2 Å². The predicted octanol–water partition coefficient (Wildman–Crippen LogP) is 2.34. The summed E-state index contributed by atoms with van der Waals surface area (Å²) < 4.78 is 0. The van der Waals surface area contributed by atoms with Crippen LogP contribution in [-0.2, 0) is 9.59 Å². The van der Waals surface area contributed by atoms with Gasteiger partial charge in [-0.1, -0.05) is 23.9 Å². The highest BCUT2D eigenvalue weighted by Gasteiger charge is 2.32. The number of rotatable bonds is 4. The molecule has 1 aliphatic heterocycles. The third-order valence-electron chi connectivity index (χ3n) is 3.78. The topological polar surface area (TPSA) is 96.3 Å². The number of thioether (sulfide) groups is 1. The van der Waals surface area contributed by atoms with Crippen LogP contribution < -0.4 is 10.6 Å². The van der Waals surface area contributed by atoms with Gasteiger partial charge in [-0.05, 0) is 37.1 Å². The lowest BCUT2D eigenvalue weighted by molar-refractivity contribution is -0.122. The molecule has 1 unspecified atom stereocenters. The first-order valence-electron chi connectivity index (χ1n) is 7.72. The van der Waals surface area contributed by atoms with Crippen molar-refractivity contribution in [2.45, 2.75) is 25.5 Å². The standard InChI is InChI=1S/C17H17N5O2S/c1-10-5-3-6-12(11(10)2)20-14(23)9-13-15(24)21-17(25-13)22-16-18-7-4-8-19-16/h3-8,13H,9H2,1-2H3,(H,20,23)(H,18,19,21,22,24). The molecular formula is C17H17N5O2S. The van der Waals surface area contributed by atoms with Gasteiger partial charge < -0.3 is 10.6 Å². The quantitative estimate of drug-likeness (QED) is 0.877. The Bertz CT molecular complexity index is 838. The number of nitrogens with zero attached hydrogens (tertiary/aromatic N) is 3. The minimum atomic E-state index is -0.521. The molecule has 7 nitrogen and oxygen atoms in total. The van der Waals surface area contributed by atoms with Gasteiger partial charge in [-0.3, -0.25) is 9.59 Å². The normalized spacial score (nSPS) is 18.2. The van der Waals surface area contributed by atoms with E-state index in [2.05, 4.69) is 25.6 Å². The molecular weight excluding hydrogens is 338 g/mol. The number of hydrogen-bond acceptors (Lipinski definition) is 6. The molecule has 2 heterocycles. The molecule has 1 atom stereocenters. The van der Waals surface area contributed by atoms with Crippen molar-refractivity contribution in [3.05, 3.63) is 47.8 Å². The Morgan fingerprint density at radius 2 is 2.04 bits per heavy atom. The van der Waals surface area contributed by atoms with E-state index in [4.69, 9.17) is 0 Å². The number of carbonyl (C=O) groups is 2. The summed E-state index contributed by atoms with van der Waals surface area (Å²) in [6, 6.07) is 7.41. The van der Waals surface area contributed by atoms with E-state index in [1.54, 1.807) is 18.5 Å². The highest BCUT2D eigenvalue weighted by atomic mass is 32.2. The number of aromatic nitrogens is 2. The molecule has 1 aromatic carbocycles. The van der Waals surface area contributed by atoms with Crippen LogP contribution in [0.2, 0.25) is 0 Å². The van der Waals surface area contributed by atoms with E-state index in [0.717, 1.165) is 16.8 Å². The summed E-state index contributed by atoms with van der Waals surface area (Å²) in [6.07, 6.45) is 3.21. The molecule has 2 N–H and O–H groups in total. The first-order chi connectivity index (χ1) is 12.0. The monoisotopic (exact) mass is 355 g/mol. The fraction of sp³-hybridized carbons (Fsp3) is 0.235. The Labute approximate surface area is 149 Å². The largest absolute Gasteiger partial charge is 0.326 e. The number of aliphatic imine (C=N–C) groups is 1. The lowest BCUT2D eigenvalue weighted by atomic mass is 10.1. The molecule has 0 aliphatic carbocycles. The predicted molar refractivity (Wildman–Crippen MR) is 97.8 cm³/mol. The Morgan fingerprint density at radius 1 is 1.28 bits per heavy atom. The molecule has 1 saturated heterocycles. The van der Waals surface area contributed by atoms with Crippen LogP contribution in [0.15, 0.2) is 41.7 Å². The van der Waals surface area contributed by atoms with Crippen molar-refractivity contribution < 1.29 is 9.59 Å². The van der Waals surface area contributed by atoms with Gasteiger partial charge in [0.2, 0.25) is 11.8 Å². The Morgan fingerprint density at radius 3 is 2.80 bits per heavy atom. The van der Waals surface area contributed by atoms with Gasteiger partial charge in [0.1, 0.15) is 5.25 Å². The maximum Gasteiger partial charge on any atom is 0.251 e. The molecule has 0 radical (unpaired) electrons. The molecule has 1 aromatic heterocycles. The van der Waals surface area contributed by atoms with Crippen molar-refractivity contribution in [2.75, 3.05) is 5.32 Å². The van der Waals surface area contributed by atoms with Crippen LogP contribution in [0.5, 0.6) is 0 Å². The fourth-order valence-corrected chi connectivity index (χ4v) is 3.25. The maximum absolute atomic E-state index is 12.3. The van der Waals surface area contributed by atoms with Crippen LogP contribution in [0.4, 0.5) is 11.6 Å². The van der Waals surface area contributed by atoms with Crippen molar-refractivity contribution in [3.63, 3.8) is 0 Å². The average Bonchev–Trinajstić information content (AvgIpc) is 2.92. The number of hydrogen-bond donors (Lipinski definition) is 2. The van der Waals surface area contributed by atoms with Crippen molar-refractivity contribution in [1.29, 1.82) is 0 Å². The summed E-state index contributed by atoms with van der Waals surface area (Å²) in [6.45, 7) is 3.94. The van der Waals surface area contributed by atoms with E-state index in [0.29, 0.717) is 5.17 Å². The SMILES string of the molecule is Cc1cccc(NC(=O)CC2S/C(=N\c3ncccn3)NC2=O)c1C. The van der Waals surface area contributed by atoms with Gasteiger partial charge in [0.25, 0.3) is 5.95 Å². The molecule has 1 fully saturated rings. The van der Waals surface area contributed by atoms with Crippen LogP contribution in [-0.4, -0.2) is 32.2 Å². The Kier molecular flexibility index (Phi) is 5.08. The zero-order valence-electron chi connectivity index (χ0n) is 13.8. The van der Waals surface area contributed by atoms with E-state index < -0.39 is 5.25 Å². The maximum atomic E-state index is 12.3. The number of nitrogens with one attached hydrogen (secondary N) is 2. The van der Waals surface area contributed by atoms with Gasteiger partial charge in [0.05, 0.1) is 0 Å². The molecule has 3 rings (SSSR count). The first-order valence-corrected chi connectivity index (χ1v) is 8.60. The molecule has 1 aliphatic rings. The summed E-state index contributed by atoms with van der Waals surface area (Å²) in [5.74, 6) is -0.180. The zero-order chi connectivity index (χ0) is 17.8. The number of amides is 2. The molecule has 2 amide bonds. The van der Waals surface area contributed by atoms with Crippen LogP contribution in [0.3, 0.4) is 0 Å². The van der Waals surface area contributed by atoms with Crippen molar-refractivity contribution in [3.8, 4) is 0 Å². The minimum Gasteiger partial charge on any atom is -0.326 e. The molecule has 0 saturated carbocycles. The second-order valence-corrected chi connectivity index (χ2v) is 6.75. The number of amidine groups is 1. The second-order valence-electron chi connectivity index (χ2n) is 5.56. The van der Waals surface area contributed by atoms with Gasteiger partial charge in [-0.15, -0.1) is 0 Å². The van der Waals surface area contributed by atoms with Crippen LogP contribution >= 0.6 is 11.8 Å². The fourth-order valence-electron chi connectivity index (χ4n) is 2.29. The van der Waals surface area contributed by atoms with E-state index in [1.165, 1.54) is 11.8 Å². The van der Waals surface area contributed by atoms with Gasteiger partial charge in [0, 0.05) is 24.5 Å². The first kappa shape index (κ1) is 17.1. The molecule has 128 valence electrons. The summed E-state index contributed by atoms with van der Waals surface area (Å²) in [4.78, 5) is 36.5. The summed E-state index contributed by atoms with van der Waals surface area (Å²) >= 11 is 1.21. The van der Waals surface area contributed by atoms with Gasteiger partial charge in [-0.2, -0.15) is 4.99 Å². The summed E-state index contributed by atoms with van der Waals surface area (Å²) in [7, 11) is 0. The average molecular weight is 355 g/mol. The van der Waals surface area contributed by atoms with Crippen LogP contribution in [0.25, 0.3) is 0 Å². The third kappa shape index (κ3) is 4.21. The van der Waals surface area contributed by atoms with Crippen LogP contribution in [0.1, 0.15) is 17.5 Å². The Balaban J connectivity index is 1.63. The van der Waals surface area contributed by atoms with E-state index in [9.17, 15) is 9.59 Å². The third-order valence-corrected chi connectivity index (χ3v) is 4.86. The second kappa shape index (κ2) is 7.43. The minimum absolute atomic E-state index is 0.0680. The Hall–Kier alpha value is -2.74. The van der Waals surface area contributed by atoms with Gasteiger partial charge >= 0.3 is 0 Å². The smallest absolute Gasteiger partial charge is 0.251 e. The van der Waals surface area contributed by atoms with Crippen molar-refractivity contribution in [1.82, 2.24) is 15.3 Å². The molecule has 25 heavy (non-hydrogen) atoms. The molecule has 0 spiro atoms. The van der Waals surface area contributed by atoms with E-state index in [1.807, 2.05) is 32.0 Å². The lowest BCUT2D eigenvalue weighted by Crippen LogP contribution is -2.28. The van der Waals surface area contributed by atoms with Gasteiger partial charge in [0.15, 0.2) is 5.17 Å². The number of aryl methyl sites for hydroxylation is 1. The number of benzene rings is 1.